The standard InChI is InChI=1S/C11H8F3NO3S/c12-11(13,14)19-8-4-2-1-3-7(8)15-9(16)5-6-10(17)18/h1-6H,(H,15,16)(H,17,18)/b6-5+. The van der Waals surface area contributed by atoms with Crippen LogP contribution in [0.5, 0.6) is 0 Å². The second kappa shape index (κ2) is 6.28. The number of hydrogen-bond donors (Lipinski definition) is 2. The Morgan fingerprint density at radius 1 is 1.21 bits per heavy atom. The van der Waals surface area contributed by atoms with E-state index < -0.39 is 17.4 Å². The average Bonchev–Trinajstić information content (AvgIpc) is 2.27. The van der Waals surface area contributed by atoms with Crippen LogP contribution < -0.4 is 5.32 Å². The Balaban J connectivity index is 2.84. The van der Waals surface area contributed by atoms with Gasteiger partial charge >= 0.3 is 11.5 Å². The van der Waals surface area contributed by atoms with Gasteiger partial charge < -0.3 is 10.4 Å². The first-order valence-corrected chi connectivity index (χ1v) is 5.66. The third kappa shape index (κ3) is 5.96. The van der Waals surface area contributed by atoms with E-state index in [1.807, 2.05) is 0 Å². The Morgan fingerprint density at radius 3 is 2.42 bits per heavy atom. The third-order valence-electron chi connectivity index (χ3n) is 1.75. The van der Waals surface area contributed by atoms with Gasteiger partial charge in [0.2, 0.25) is 5.91 Å². The molecule has 0 bridgehead atoms. The Hall–Kier alpha value is -1.96. The molecule has 1 amide bonds. The van der Waals surface area contributed by atoms with Crippen molar-refractivity contribution >= 4 is 29.3 Å². The van der Waals surface area contributed by atoms with Gasteiger partial charge in [0, 0.05) is 17.0 Å². The predicted octanol–water partition coefficient (Wildman–Crippen LogP) is 2.88. The molecule has 0 saturated heterocycles. The normalized spacial score (nSPS) is 11.5. The number of halogens is 3. The molecule has 0 radical (unpaired) electrons. The quantitative estimate of drug-likeness (QED) is 0.661. The number of carboxylic acid groups (broad SMARTS) is 1. The second-order valence-electron chi connectivity index (χ2n) is 3.20. The summed E-state index contributed by atoms with van der Waals surface area (Å²) >= 11 is -0.361. The van der Waals surface area contributed by atoms with Gasteiger partial charge in [-0.1, -0.05) is 12.1 Å². The van der Waals surface area contributed by atoms with Crippen molar-refractivity contribution in [3.05, 3.63) is 36.4 Å². The Kier molecular flexibility index (Phi) is 4.99. The van der Waals surface area contributed by atoms with Gasteiger partial charge in [-0.2, -0.15) is 13.2 Å². The van der Waals surface area contributed by atoms with E-state index in [0.717, 1.165) is 6.08 Å². The van der Waals surface area contributed by atoms with E-state index in [1.54, 1.807) is 0 Å². The molecule has 0 aliphatic heterocycles. The van der Waals surface area contributed by atoms with Crippen LogP contribution >= 0.6 is 11.8 Å². The zero-order valence-corrected chi connectivity index (χ0v) is 10.1. The number of para-hydroxylation sites is 1. The number of nitrogens with one attached hydrogen (secondary N) is 1. The van der Waals surface area contributed by atoms with Crippen molar-refractivity contribution in [1.29, 1.82) is 0 Å². The molecule has 0 heterocycles. The summed E-state index contributed by atoms with van der Waals surface area (Å²) in [6.07, 6.45) is 1.31. The van der Waals surface area contributed by atoms with Gasteiger partial charge in [-0.25, -0.2) is 4.79 Å². The highest BCUT2D eigenvalue weighted by Gasteiger charge is 2.30. The molecule has 1 aromatic rings. The number of benzene rings is 1. The molecule has 4 nitrogen and oxygen atoms in total. The third-order valence-corrected chi connectivity index (χ3v) is 2.56. The molecule has 0 aliphatic carbocycles. The van der Waals surface area contributed by atoms with Gasteiger partial charge in [-0.15, -0.1) is 0 Å². The molecule has 2 N–H and O–H groups in total. The molecule has 0 aromatic heterocycles. The van der Waals surface area contributed by atoms with Crippen molar-refractivity contribution in [3.8, 4) is 0 Å². The molecule has 8 heteroatoms. The van der Waals surface area contributed by atoms with E-state index in [4.69, 9.17) is 5.11 Å². The molecule has 19 heavy (non-hydrogen) atoms. The van der Waals surface area contributed by atoms with Crippen LogP contribution in [0, 0.1) is 0 Å². The van der Waals surface area contributed by atoms with Crippen LogP contribution in [0.15, 0.2) is 41.3 Å². The topological polar surface area (TPSA) is 66.4 Å². The lowest BCUT2D eigenvalue weighted by Crippen LogP contribution is -2.10. The molecule has 1 aromatic carbocycles. The van der Waals surface area contributed by atoms with Gasteiger partial charge in [0.25, 0.3) is 0 Å². The van der Waals surface area contributed by atoms with E-state index in [1.165, 1.54) is 24.3 Å². The van der Waals surface area contributed by atoms with Gasteiger partial charge in [0.1, 0.15) is 0 Å². The summed E-state index contributed by atoms with van der Waals surface area (Å²) in [5.41, 5.74) is -4.51. The molecule has 102 valence electrons. The monoisotopic (exact) mass is 291 g/mol. The summed E-state index contributed by atoms with van der Waals surface area (Å²) in [7, 11) is 0. The van der Waals surface area contributed by atoms with Crippen molar-refractivity contribution in [2.45, 2.75) is 10.4 Å². The van der Waals surface area contributed by atoms with Crippen LogP contribution in [-0.2, 0) is 9.59 Å². The van der Waals surface area contributed by atoms with E-state index in [0.29, 0.717) is 6.08 Å². The number of alkyl halides is 3. The average molecular weight is 291 g/mol. The summed E-state index contributed by atoms with van der Waals surface area (Å²) in [6, 6.07) is 5.35. The smallest absolute Gasteiger partial charge is 0.446 e. The lowest BCUT2D eigenvalue weighted by molar-refractivity contribution is -0.131. The van der Waals surface area contributed by atoms with Crippen molar-refractivity contribution in [3.63, 3.8) is 0 Å². The zero-order valence-electron chi connectivity index (χ0n) is 9.27. The van der Waals surface area contributed by atoms with E-state index >= 15 is 0 Å². The highest BCUT2D eigenvalue weighted by Crippen LogP contribution is 2.40. The molecule has 0 atom stereocenters. The number of thioether (sulfide) groups is 1. The fourth-order valence-corrected chi connectivity index (χ4v) is 1.73. The maximum Gasteiger partial charge on any atom is 0.446 e. The maximum atomic E-state index is 12.3. The van der Waals surface area contributed by atoms with Gasteiger partial charge in [0.15, 0.2) is 0 Å². The molecular weight excluding hydrogens is 283 g/mol. The number of rotatable bonds is 4. The van der Waals surface area contributed by atoms with Gasteiger partial charge in [-0.3, -0.25) is 4.79 Å². The summed E-state index contributed by atoms with van der Waals surface area (Å²) in [5, 5.41) is 10.5. The number of amides is 1. The fraction of sp³-hybridized carbons (Fsp3) is 0.0909. The van der Waals surface area contributed by atoms with Crippen LogP contribution in [0.2, 0.25) is 0 Å². The van der Waals surface area contributed by atoms with Crippen LogP contribution in [-0.4, -0.2) is 22.5 Å². The Morgan fingerprint density at radius 2 is 1.84 bits per heavy atom. The van der Waals surface area contributed by atoms with Crippen LogP contribution in [0.1, 0.15) is 0 Å². The lowest BCUT2D eigenvalue weighted by Gasteiger charge is -2.10. The summed E-state index contributed by atoms with van der Waals surface area (Å²) < 4.78 is 36.8. The first kappa shape index (κ1) is 15.1. The summed E-state index contributed by atoms with van der Waals surface area (Å²) in [4.78, 5) is 21.3. The minimum Gasteiger partial charge on any atom is -0.478 e. The van der Waals surface area contributed by atoms with E-state index in [-0.39, 0.29) is 22.3 Å². The first-order chi connectivity index (χ1) is 8.78. The molecule has 1 rings (SSSR count). The Bertz CT molecular complexity index is 514. The molecule has 0 spiro atoms. The van der Waals surface area contributed by atoms with Gasteiger partial charge in [0.05, 0.1) is 5.69 Å². The van der Waals surface area contributed by atoms with Crippen LogP contribution in [0.3, 0.4) is 0 Å². The largest absolute Gasteiger partial charge is 0.478 e. The number of carbonyl (C=O) groups excluding carboxylic acids is 1. The lowest BCUT2D eigenvalue weighted by atomic mass is 10.3. The van der Waals surface area contributed by atoms with E-state index in [2.05, 4.69) is 5.32 Å². The zero-order chi connectivity index (χ0) is 14.5. The molecule has 0 saturated carbocycles. The highest BCUT2D eigenvalue weighted by atomic mass is 32.2. The van der Waals surface area contributed by atoms with E-state index in [9.17, 15) is 22.8 Å². The van der Waals surface area contributed by atoms with Crippen LogP contribution in [0.25, 0.3) is 0 Å². The highest BCUT2D eigenvalue weighted by molar-refractivity contribution is 8.00. The minimum atomic E-state index is -4.47. The van der Waals surface area contributed by atoms with Crippen molar-refractivity contribution in [1.82, 2.24) is 0 Å². The Labute approximate surface area is 110 Å². The van der Waals surface area contributed by atoms with Crippen molar-refractivity contribution in [2.75, 3.05) is 5.32 Å². The number of hydrogen-bond acceptors (Lipinski definition) is 3. The molecular formula is C11H8F3NO3S. The first-order valence-electron chi connectivity index (χ1n) is 4.85. The predicted molar refractivity (Wildman–Crippen MR) is 63.8 cm³/mol. The number of anilines is 1. The number of aliphatic carboxylic acids is 1. The summed E-state index contributed by atoms with van der Waals surface area (Å²) in [6.45, 7) is 0. The fourth-order valence-electron chi connectivity index (χ4n) is 1.10. The summed E-state index contributed by atoms with van der Waals surface area (Å²) in [5.74, 6) is -2.15. The van der Waals surface area contributed by atoms with Crippen molar-refractivity contribution < 1.29 is 27.9 Å². The van der Waals surface area contributed by atoms with Crippen molar-refractivity contribution in [2.24, 2.45) is 0 Å². The second-order valence-corrected chi connectivity index (χ2v) is 4.31. The molecule has 0 fully saturated rings. The number of carbonyl (C=O) groups is 2. The molecule has 0 unspecified atom stereocenters. The molecule has 0 aliphatic rings. The SMILES string of the molecule is O=C(O)/C=C/C(=O)Nc1ccccc1SC(F)(F)F. The number of carboxylic acids is 1. The van der Waals surface area contributed by atoms with Gasteiger partial charge in [-0.05, 0) is 23.9 Å². The maximum absolute atomic E-state index is 12.3. The van der Waals surface area contributed by atoms with Crippen LogP contribution in [0.4, 0.5) is 18.9 Å². The minimum absolute atomic E-state index is 0.0372.